The normalized spacial score (nSPS) is 11.8. The molecule has 0 aliphatic heterocycles. The van der Waals surface area contributed by atoms with E-state index < -0.39 is 63.3 Å². The van der Waals surface area contributed by atoms with E-state index >= 15 is 35.1 Å². The SMILES string of the molecule is Fc1c(F)c(F)c(-c2cc(-n3c4cc(-c5ccnc(-c6ccccc6)c5)ccc4c4ccc(-c5ccnc(-c6ccccc6)c5)cc43)c(C(F)(F)F)c(-n3c4cc(-c5ccnc(-c6ccccc6)c5)ccc4c4ccc(-c5ccnc(-c6ccccc6)c5)cc43)c2)c(F)c1F. The highest BCUT2D eigenvalue weighted by molar-refractivity contribution is 6.13. The van der Waals surface area contributed by atoms with E-state index in [1.807, 2.05) is 170 Å². The summed E-state index contributed by atoms with van der Waals surface area (Å²) in [5, 5.41) is 1.92. The van der Waals surface area contributed by atoms with Gasteiger partial charge in [0, 0.05) is 68.6 Å². The Kier molecular flexibility index (Phi) is 14.2. The summed E-state index contributed by atoms with van der Waals surface area (Å²) in [6.07, 6.45) is 1.20. The summed E-state index contributed by atoms with van der Waals surface area (Å²) in [6.45, 7) is 0. The first-order chi connectivity index (χ1) is 46.3. The Morgan fingerprint density at radius 1 is 0.242 bits per heavy atom. The van der Waals surface area contributed by atoms with Crippen LogP contribution in [-0.2, 0) is 6.18 Å². The predicted molar refractivity (Wildman–Crippen MR) is 360 cm³/mol. The third-order valence-corrected chi connectivity index (χ3v) is 17.5. The smallest absolute Gasteiger partial charge is 0.308 e. The minimum Gasteiger partial charge on any atom is -0.308 e. The molecular formula is C81H46F8N6. The number of hydrogen-bond acceptors (Lipinski definition) is 4. The van der Waals surface area contributed by atoms with Crippen LogP contribution >= 0.6 is 0 Å². The van der Waals surface area contributed by atoms with Crippen molar-refractivity contribution in [3.63, 3.8) is 0 Å². The molecule has 0 fully saturated rings. The van der Waals surface area contributed by atoms with Crippen LogP contribution in [0.2, 0.25) is 0 Å². The first-order valence-electron chi connectivity index (χ1n) is 30.3. The van der Waals surface area contributed by atoms with Gasteiger partial charge in [-0.2, -0.15) is 13.2 Å². The average Bonchev–Trinajstić information content (AvgIpc) is 1.59. The van der Waals surface area contributed by atoms with Crippen molar-refractivity contribution in [1.82, 2.24) is 29.1 Å². The molecule has 10 aromatic carbocycles. The van der Waals surface area contributed by atoms with E-state index in [4.69, 9.17) is 0 Å². The van der Waals surface area contributed by atoms with Crippen molar-refractivity contribution in [2.24, 2.45) is 0 Å². The molecule has 0 aliphatic rings. The molecule has 0 N–H and O–H groups in total. The van der Waals surface area contributed by atoms with Gasteiger partial charge in [0.2, 0.25) is 5.82 Å². The van der Waals surface area contributed by atoms with Crippen LogP contribution in [0.15, 0.2) is 280 Å². The summed E-state index contributed by atoms with van der Waals surface area (Å²) in [5.74, 6) is -11.5. The number of pyridine rings is 4. The van der Waals surface area contributed by atoms with E-state index in [0.29, 0.717) is 88.8 Å². The van der Waals surface area contributed by atoms with Crippen molar-refractivity contribution < 1.29 is 35.1 Å². The van der Waals surface area contributed by atoms with Crippen LogP contribution < -0.4 is 0 Å². The van der Waals surface area contributed by atoms with E-state index in [0.717, 1.165) is 34.4 Å². The fourth-order valence-corrected chi connectivity index (χ4v) is 13.0. The Morgan fingerprint density at radius 3 is 0.758 bits per heavy atom. The first kappa shape index (κ1) is 58.0. The van der Waals surface area contributed by atoms with Crippen LogP contribution in [0.1, 0.15) is 5.56 Å². The monoisotopic (exact) mass is 1250 g/mol. The highest BCUT2D eigenvalue weighted by Crippen LogP contribution is 2.49. The molecule has 6 heterocycles. The number of hydrogen-bond donors (Lipinski definition) is 0. The molecule has 6 aromatic heterocycles. The molecule has 0 atom stereocenters. The Bertz CT molecular complexity index is 5100. The van der Waals surface area contributed by atoms with Crippen LogP contribution in [0.4, 0.5) is 35.1 Å². The Balaban J connectivity index is 1.04. The van der Waals surface area contributed by atoms with Crippen molar-refractivity contribution >= 4 is 43.6 Å². The maximum atomic E-state index is 17.8. The lowest BCUT2D eigenvalue weighted by Gasteiger charge is -2.24. The number of fused-ring (bicyclic) bond motifs is 6. The van der Waals surface area contributed by atoms with Gasteiger partial charge in [0.05, 0.1) is 61.8 Å². The molecular weight excluding hydrogens is 1210 g/mol. The number of nitrogens with zero attached hydrogens (tertiary/aromatic N) is 6. The van der Waals surface area contributed by atoms with Crippen molar-refractivity contribution in [2.75, 3.05) is 0 Å². The average molecular weight is 1260 g/mol. The molecule has 95 heavy (non-hydrogen) atoms. The zero-order chi connectivity index (χ0) is 64.6. The third-order valence-electron chi connectivity index (χ3n) is 17.5. The van der Waals surface area contributed by atoms with Gasteiger partial charge in [-0.1, -0.05) is 170 Å². The van der Waals surface area contributed by atoms with Gasteiger partial charge in [-0.25, -0.2) is 22.0 Å². The maximum absolute atomic E-state index is 17.8. The third kappa shape index (κ3) is 10.2. The number of rotatable bonds is 11. The molecule has 0 spiro atoms. The fourth-order valence-electron chi connectivity index (χ4n) is 13.0. The maximum Gasteiger partial charge on any atom is 0.420 e. The molecule has 0 amide bonds. The molecule has 0 saturated carbocycles. The van der Waals surface area contributed by atoms with Crippen molar-refractivity contribution in [3.8, 4) is 112 Å². The lowest BCUT2D eigenvalue weighted by molar-refractivity contribution is -0.137. The van der Waals surface area contributed by atoms with Gasteiger partial charge in [0.25, 0.3) is 0 Å². The van der Waals surface area contributed by atoms with Gasteiger partial charge in [0.1, 0.15) is 5.56 Å². The Labute approximate surface area is 537 Å². The number of alkyl halides is 3. The Hall–Kier alpha value is -12.2. The molecule has 0 aliphatic carbocycles. The molecule has 0 bridgehead atoms. The van der Waals surface area contributed by atoms with E-state index in [1.54, 1.807) is 97.6 Å². The van der Waals surface area contributed by atoms with E-state index in [1.165, 1.54) is 9.13 Å². The molecule has 0 saturated heterocycles. The zero-order valence-electron chi connectivity index (χ0n) is 49.8. The van der Waals surface area contributed by atoms with Gasteiger partial charge < -0.3 is 9.13 Å². The topological polar surface area (TPSA) is 61.4 Å². The first-order valence-corrected chi connectivity index (χ1v) is 30.3. The quantitative estimate of drug-likeness (QED) is 0.0735. The summed E-state index contributed by atoms with van der Waals surface area (Å²) in [6, 6.07) is 75.7. The van der Waals surface area contributed by atoms with Gasteiger partial charge in [-0.15, -0.1) is 0 Å². The summed E-state index contributed by atoms with van der Waals surface area (Å²) < 4.78 is 137. The van der Waals surface area contributed by atoms with E-state index in [9.17, 15) is 0 Å². The second kappa shape index (κ2) is 23.2. The second-order valence-electron chi connectivity index (χ2n) is 23.1. The predicted octanol–water partition coefficient (Wildman–Crippen LogP) is 22.2. The van der Waals surface area contributed by atoms with Gasteiger partial charge in [0.15, 0.2) is 23.3 Å². The summed E-state index contributed by atoms with van der Waals surface area (Å²) >= 11 is 0. The highest BCUT2D eigenvalue weighted by atomic mass is 19.4. The van der Waals surface area contributed by atoms with Crippen molar-refractivity contribution in [1.29, 1.82) is 0 Å². The van der Waals surface area contributed by atoms with Crippen LogP contribution in [0, 0.1) is 29.1 Å². The molecule has 0 radical (unpaired) electrons. The van der Waals surface area contributed by atoms with E-state index in [-0.39, 0.29) is 22.1 Å². The van der Waals surface area contributed by atoms with Crippen LogP contribution in [0.3, 0.4) is 0 Å². The minimum absolute atomic E-state index is 0.212. The summed E-state index contributed by atoms with van der Waals surface area (Å²) in [4.78, 5) is 18.6. The summed E-state index contributed by atoms with van der Waals surface area (Å²) in [5.41, 5.74) is 6.62. The van der Waals surface area contributed by atoms with Crippen molar-refractivity contribution in [2.45, 2.75) is 6.18 Å². The molecule has 456 valence electrons. The zero-order valence-corrected chi connectivity index (χ0v) is 49.8. The van der Waals surface area contributed by atoms with Gasteiger partial charge in [-0.3, -0.25) is 19.9 Å². The lowest BCUT2D eigenvalue weighted by Crippen LogP contribution is -2.16. The summed E-state index contributed by atoms with van der Waals surface area (Å²) in [7, 11) is 0. The standard InChI is InChI=1S/C81H46F8N6/c82-76-74(77(83)79(85)80(86)78(76)84)59-45-72(94-68-41-51(55-29-33-90-64(37-55)47-13-5-1-6-14-47)21-25-60(68)61-26-22-52(42-69(61)94)56-30-34-91-65(38-56)48-15-7-2-8-16-48)75(81(87,88)89)73(46-59)95-70-43-53(57-31-35-92-66(39-57)49-17-9-3-10-18-49)23-27-62(70)63-28-24-54(44-71(63)95)58-32-36-93-67(40-58)50-19-11-4-12-20-50/h1-46H. The molecule has 6 nitrogen and oxygen atoms in total. The van der Waals surface area contributed by atoms with Crippen molar-refractivity contribution in [3.05, 3.63) is 314 Å². The second-order valence-corrected chi connectivity index (χ2v) is 23.1. The van der Waals surface area contributed by atoms with Gasteiger partial charge in [-0.05, 0) is 135 Å². The number of aromatic nitrogens is 6. The molecule has 0 unspecified atom stereocenters. The van der Waals surface area contributed by atoms with Crippen LogP contribution in [0.5, 0.6) is 0 Å². The number of halogens is 8. The number of benzene rings is 10. The fraction of sp³-hybridized carbons (Fsp3) is 0.0123. The lowest BCUT2D eigenvalue weighted by atomic mass is 9.97. The molecule has 14 heteroatoms. The van der Waals surface area contributed by atoms with Gasteiger partial charge >= 0.3 is 6.18 Å². The molecule has 16 aromatic rings. The minimum atomic E-state index is -5.35. The largest absolute Gasteiger partial charge is 0.420 e. The Morgan fingerprint density at radius 2 is 0.495 bits per heavy atom. The molecule has 16 rings (SSSR count). The highest BCUT2D eigenvalue weighted by Gasteiger charge is 2.41. The van der Waals surface area contributed by atoms with Crippen LogP contribution in [0.25, 0.3) is 156 Å². The van der Waals surface area contributed by atoms with E-state index in [2.05, 4.69) is 19.9 Å². The van der Waals surface area contributed by atoms with Crippen LogP contribution in [-0.4, -0.2) is 29.1 Å².